The van der Waals surface area contributed by atoms with Gasteiger partial charge < -0.3 is 14.6 Å². The molecule has 3 rings (SSSR count). The molecular formula is C23H24FNO4. The average molecular weight is 397 g/mol. The van der Waals surface area contributed by atoms with Gasteiger partial charge in [-0.25, -0.2) is 0 Å². The Hall–Kier alpha value is -3.12. The quantitative estimate of drug-likeness (QED) is 0.616. The van der Waals surface area contributed by atoms with Crippen molar-refractivity contribution in [3.63, 3.8) is 0 Å². The van der Waals surface area contributed by atoms with E-state index >= 15 is 0 Å². The predicted molar refractivity (Wildman–Crippen MR) is 109 cm³/mol. The van der Waals surface area contributed by atoms with E-state index in [9.17, 15) is 14.3 Å². The number of benzene rings is 2. The van der Waals surface area contributed by atoms with Gasteiger partial charge in [0.05, 0.1) is 13.2 Å². The number of halogens is 1. The molecule has 0 fully saturated rings. The zero-order chi connectivity index (χ0) is 20.9. The summed E-state index contributed by atoms with van der Waals surface area (Å²) in [6.07, 6.45) is -0.105. The molecule has 152 valence electrons. The molecule has 0 radical (unpaired) electrons. The Morgan fingerprint density at radius 2 is 1.72 bits per heavy atom. The minimum absolute atomic E-state index is 0.0267. The van der Waals surface area contributed by atoms with Crippen molar-refractivity contribution in [3.05, 3.63) is 88.8 Å². The molecule has 1 heterocycles. The topological polar surface area (TPSA) is 60.7 Å². The molecule has 0 spiro atoms. The van der Waals surface area contributed by atoms with E-state index < -0.39 is 6.36 Å². The summed E-state index contributed by atoms with van der Waals surface area (Å²) in [6.45, 7) is 4.22. The lowest BCUT2D eigenvalue weighted by Crippen LogP contribution is -2.25. The van der Waals surface area contributed by atoms with E-state index in [1.807, 2.05) is 13.8 Å². The number of aliphatic hydroxyl groups is 1. The van der Waals surface area contributed by atoms with Crippen molar-refractivity contribution in [2.24, 2.45) is 5.41 Å². The highest BCUT2D eigenvalue weighted by Gasteiger charge is 2.17. The fourth-order valence-corrected chi connectivity index (χ4v) is 2.57. The summed E-state index contributed by atoms with van der Waals surface area (Å²) >= 11 is 0. The number of pyridine rings is 1. The summed E-state index contributed by atoms with van der Waals surface area (Å²) in [4.78, 5) is 12.4. The van der Waals surface area contributed by atoms with Crippen molar-refractivity contribution in [1.82, 2.24) is 4.57 Å². The Morgan fingerprint density at radius 1 is 1.03 bits per heavy atom. The third-order valence-electron chi connectivity index (χ3n) is 4.36. The van der Waals surface area contributed by atoms with Gasteiger partial charge in [-0.05, 0) is 30.3 Å². The van der Waals surface area contributed by atoms with Crippen LogP contribution in [0, 0.1) is 5.41 Å². The molecule has 6 heteroatoms. The van der Waals surface area contributed by atoms with Gasteiger partial charge in [0, 0.05) is 28.9 Å². The summed E-state index contributed by atoms with van der Waals surface area (Å²) < 4.78 is 26.6. The standard InChI is InChI=1S/C23H24FNO4/c1-23(2,15-26)16-28-19-10-8-18(9-11-19)25-13-12-20(14-21(25)27)29-22(24)17-6-4-3-5-7-17/h3-14,22,26H,15-16H2,1-2H3. The van der Waals surface area contributed by atoms with E-state index in [0.717, 1.165) is 0 Å². The van der Waals surface area contributed by atoms with Crippen LogP contribution in [0.25, 0.3) is 5.69 Å². The molecule has 0 aliphatic rings. The number of hydrogen-bond acceptors (Lipinski definition) is 4. The molecule has 0 saturated heterocycles. The smallest absolute Gasteiger partial charge is 0.264 e. The normalized spacial score (nSPS) is 12.4. The highest BCUT2D eigenvalue weighted by molar-refractivity contribution is 5.38. The van der Waals surface area contributed by atoms with Crippen molar-refractivity contribution < 1.29 is 19.0 Å². The lowest BCUT2D eigenvalue weighted by atomic mass is 9.97. The Balaban J connectivity index is 1.69. The number of aliphatic hydroxyl groups excluding tert-OH is 1. The first-order valence-corrected chi connectivity index (χ1v) is 9.30. The van der Waals surface area contributed by atoms with Gasteiger partial charge in [-0.1, -0.05) is 44.2 Å². The van der Waals surface area contributed by atoms with E-state index in [1.54, 1.807) is 66.9 Å². The maximum Gasteiger partial charge on any atom is 0.264 e. The molecule has 5 nitrogen and oxygen atoms in total. The van der Waals surface area contributed by atoms with Crippen LogP contribution < -0.4 is 15.0 Å². The highest BCUT2D eigenvalue weighted by Crippen LogP contribution is 2.23. The fourth-order valence-electron chi connectivity index (χ4n) is 2.57. The second kappa shape index (κ2) is 8.92. The number of alkyl halides is 1. The van der Waals surface area contributed by atoms with Gasteiger partial charge in [-0.2, -0.15) is 4.39 Å². The van der Waals surface area contributed by atoms with Crippen molar-refractivity contribution >= 4 is 0 Å². The molecule has 0 aliphatic heterocycles. The molecule has 1 unspecified atom stereocenters. The van der Waals surface area contributed by atoms with E-state index in [2.05, 4.69) is 0 Å². The van der Waals surface area contributed by atoms with E-state index in [-0.39, 0.29) is 23.3 Å². The van der Waals surface area contributed by atoms with Gasteiger partial charge in [-0.3, -0.25) is 9.36 Å². The van der Waals surface area contributed by atoms with Crippen LogP contribution in [-0.4, -0.2) is 22.9 Å². The third kappa shape index (κ3) is 5.45. The van der Waals surface area contributed by atoms with E-state index in [0.29, 0.717) is 23.6 Å². The molecule has 0 saturated carbocycles. The molecule has 1 aromatic heterocycles. The lowest BCUT2D eigenvalue weighted by molar-refractivity contribution is 0.0669. The van der Waals surface area contributed by atoms with Crippen molar-refractivity contribution in [2.45, 2.75) is 20.2 Å². The Morgan fingerprint density at radius 3 is 2.34 bits per heavy atom. The average Bonchev–Trinajstić information content (AvgIpc) is 2.73. The molecule has 1 atom stereocenters. The first kappa shape index (κ1) is 20.6. The summed E-state index contributed by atoms with van der Waals surface area (Å²) in [5.74, 6) is 0.806. The fraction of sp³-hybridized carbons (Fsp3) is 0.261. The van der Waals surface area contributed by atoms with Gasteiger partial charge in [0.15, 0.2) is 0 Å². The second-order valence-electron chi connectivity index (χ2n) is 7.52. The maximum absolute atomic E-state index is 14.2. The molecule has 3 aromatic rings. The summed E-state index contributed by atoms with van der Waals surface area (Å²) in [6, 6.07) is 18.3. The van der Waals surface area contributed by atoms with Crippen LogP contribution in [0.1, 0.15) is 25.8 Å². The molecule has 0 amide bonds. The largest absolute Gasteiger partial charge is 0.493 e. The monoisotopic (exact) mass is 397 g/mol. The van der Waals surface area contributed by atoms with Gasteiger partial charge in [0.25, 0.3) is 11.9 Å². The number of ether oxygens (including phenoxy) is 2. The first-order chi connectivity index (χ1) is 13.9. The van der Waals surface area contributed by atoms with E-state index in [1.165, 1.54) is 10.6 Å². The molecule has 0 aliphatic carbocycles. The number of rotatable bonds is 8. The minimum atomic E-state index is -1.65. The number of aromatic nitrogens is 1. The van der Waals surface area contributed by atoms with Crippen LogP contribution >= 0.6 is 0 Å². The van der Waals surface area contributed by atoms with Crippen molar-refractivity contribution in [1.29, 1.82) is 0 Å². The summed E-state index contributed by atoms with van der Waals surface area (Å²) in [7, 11) is 0. The van der Waals surface area contributed by atoms with Crippen LogP contribution in [0.3, 0.4) is 0 Å². The summed E-state index contributed by atoms with van der Waals surface area (Å²) in [5, 5.41) is 9.29. The summed E-state index contributed by atoms with van der Waals surface area (Å²) in [5.41, 5.74) is 0.365. The molecule has 1 N–H and O–H groups in total. The van der Waals surface area contributed by atoms with Crippen LogP contribution in [0.2, 0.25) is 0 Å². The molecular weight excluding hydrogens is 373 g/mol. The van der Waals surface area contributed by atoms with E-state index in [4.69, 9.17) is 9.47 Å². The zero-order valence-electron chi connectivity index (χ0n) is 16.4. The zero-order valence-corrected chi connectivity index (χ0v) is 16.4. The predicted octanol–water partition coefficient (Wildman–Crippen LogP) is 4.28. The maximum atomic E-state index is 14.2. The Bertz CT molecular complexity index is 984. The van der Waals surface area contributed by atoms with Gasteiger partial charge >= 0.3 is 0 Å². The van der Waals surface area contributed by atoms with Gasteiger partial charge in [0.1, 0.15) is 11.5 Å². The first-order valence-electron chi connectivity index (χ1n) is 9.30. The highest BCUT2D eigenvalue weighted by atomic mass is 19.1. The second-order valence-corrected chi connectivity index (χ2v) is 7.52. The number of hydrogen-bond donors (Lipinski definition) is 1. The van der Waals surface area contributed by atoms with Crippen LogP contribution in [0.4, 0.5) is 4.39 Å². The van der Waals surface area contributed by atoms with Gasteiger partial charge in [0.2, 0.25) is 0 Å². The van der Waals surface area contributed by atoms with Crippen molar-refractivity contribution in [3.8, 4) is 17.2 Å². The van der Waals surface area contributed by atoms with Crippen LogP contribution in [0.5, 0.6) is 11.5 Å². The van der Waals surface area contributed by atoms with Crippen LogP contribution in [0.15, 0.2) is 77.7 Å². The minimum Gasteiger partial charge on any atom is -0.493 e. The SMILES string of the molecule is CC(C)(CO)COc1ccc(-n2ccc(OC(F)c3ccccc3)cc2=O)cc1. The molecule has 0 bridgehead atoms. The Kier molecular flexibility index (Phi) is 6.34. The third-order valence-corrected chi connectivity index (χ3v) is 4.36. The Labute approximate surface area is 169 Å². The van der Waals surface area contributed by atoms with Gasteiger partial charge in [-0.15, -0.1) is 0 Å². The lowest BCUT2D eigenvalue weighted by Gasteiger charge is -2.21. The molecule has 2 aromatic carbocycles. The number of nitrogens with zero attached hydrogens (tertiary/aromatic N) is 1. The molecule has 29 heavy (non-hydrogen) atoms. The van der Waals surface area contributed by atoms with Crippen molar-refractivity contribution in [2.75, 3.05) is 13.2 Å². The van der Waals surface area contributed by atoms with Crippen LogP contribution in [-0.2, 0) is 0 Å².